The smallest absolute Gasteiger partial charge is 0.303 e. The van der Waals surface area contributed by atoms with E-state index in [0.29, 0.717) is 25.4 Å². The molecule has 15 heavy (non-hydrogen) atoms. The number of nitrogens with one attached hydrogen (secondary N) is 1. The molecule has 0 atom stereocenters. The minimum atomic E-state index is -0.764. The maximum absolute atomic E-state index is 10.2. The summed E-state index contributed by atoms with van der Waals surface area (Å²) in [5.74, 6) is 0.720. The van der Waals surface area contributed by atoms with E-state index >= 15 is 0 Å². The number of aryl methyl sites for hydroxylation is 2. The van der Waals surface area contributed by atoms with Gasteiger partial charge in [-0.15, -0.1) is 0 Å². The van der Waals surface area contributed by atoms with Crippen molar-refractivity contribution in [3.8, 4) is 0 Å². The SMILES string of the molecule is Cc1nc(CNCCCC(=O)O)oc1C. The number of aromatic nitrogens is 1. The van der Waals surface area contributed by atoms with Crippen LogP contribution in [0.25, 0.3) is 0 Å². The summed E-state index contributed by atoms with van der Waals surface area (Å²) in [4.78, 5) is 14.4. The molecule has 1 heterocycles. The van der Waals surface area contributed by atoms with Crippen molar-refractivity contribution in [2.75, 3.05) is 6.54 Å². The number of carboxylic acids is 1. The highest BCUT2D eigenvalue weighted by molar-refractivity contribution is 5.66. The number of hydrogen-bond donors (Lipinski definition) is 2. The number of carbonyl (C=O) groups is 1. The molecule has 0 spiro atoms. The zero-order chi connectivity index (χ0) is 11.3. The fourth-order valence-corrected chi connectivity index (χ4v) is 1.17. The summed E-state index contributed by atoms with van der Waals surface area (Å²) in [7, 11) is 0. The van der Waals surface area contributed by atoms with E-state index in [9.17, 15) is 4.79 Å². The summed E-state index contributed by atoms with van der Waals surface area (Å²) in [6.45, 7) is 4.98. The molecule has 0 aliphatic rings. The Kier molecular flexibility index (Phi) is 4.30. The summed E-state index contributed by atoms with van der Waals surface area (Å²) >= 11 is 0. The minimum Gasteiger partial charge on any atom is -0.481 e. The van der Waals surface area contributed by atoms with Gasteiger partial charge in [0.2, 0.25) is 5.89 Å². The summed E-state index contributed by atoms with van der Waals surface area (Å²) in [6, 6.07) is 0. The molecule has 0 amide bonds. The number of nitrogens with zero attached hydrogens (tertiary/aromatic N) is 1. The van der Waals surface area contributed by atoms with E-state index in [1.165, 1.54) is 0 Å². The number of hydrogen-bond acceptors (Lipinski definition) is 4. The largest absolute Gasteiger partial charge is 0.481 e. The van der Waals surface area contributed by atoms with Crippen molar-refractivity contribution in [2.24, 2.45) is 0 Å². The predicted octanol–water partition coefficient (Wildman–Crippen LogP) is 1.25. The Labute approximate surface area is 88.5 Å². The van der Waals surface area contributed by atoms with Gasteiger partial charge >= 0.3 is 5.97 Å². The van der Waals surface area contributed by atoms with Crippen molar-refractivity contribution in [1.82, 2.24) is 10.3 Å². The van der Waals surface area contributed by atoms with E-state index in [4.69, 9.17) is 9.52 Å². The maximum atomic E-state index is 10.2. The number of rotatable bonds is 6. The molecule has 2 N–H and O–H groups in total. The van der Waals surface area contributed by atoms with E-state index in [1.807, 2.05) is 13.8 Å². The van der Waals surface area contributed by atoms with Crippen LogP contribution in [0, 0.1) is 13.8 Å². The van der Waals surface area contributed by atoms with Crippen LogP contribution in [-0.2, 0) is 11.3 Å². The van der Waals surface area contributed by atoms with Gasteiger partial charge in [-0.2, -0.15) is 0 Å². The molecule has 0 fully saturated rings. The van der Waals surface area contributed by atoms with Gasteiger partial charge < -0.3 is 14.8 Å². The standard InChI is InChI=1S/C10H16N2O3/c1-7-8(2)15-9(12-7)6-11-5-3-4-10(13)14/h11H,3-6H2,1-2H3,(H,13,14). The lowest BCUT2D eigenvalue weighted by Gasteiger charge is -1.99. The third kappa shape index (κ3) is 4.12. The summed E-state index contributed by atoms with van der Waals surface area (Å²) in [6.07, 6.45) is 0.810. The molecule has 0 saturated carbocycles. The molecule has 0 aliphatic carbocycles. The Hall–Kier alpha value is -1.36. The molecule has 84 valence electrons. The molecule has 5 nitrogen and oxygen atoms in total. The molecule has 0 radical (unpaired) electrons. The third-order valence-corrected chi connectivity index (χ3v) is 2.09. The average Bonchev–Trinajstić information content (AvgIpc) is 2.45. The van der Waals surface area contributed by atoms with Crippen LogP contribution < -0.4 is 5.32 Å². The molecule has 0 bridgehead atoms. The molecule has 5 heteroatoms. The fraction of sp³-hybridized carbons (Fsp3) is 0.600. The highest BCUT2D eigenvalue weighted by atomic mass is 16.4. The quantitative estimate of drug-likeness (QED) is 0.694. The lowest BCUT2D eigenvalue weighted by atomic mass is 10.3. The van der Waals surface area contributed by atoms with Gasteiger partial charge in [-0.1, -0.05) is 0 Å². The van der Waals surface area contributed by atoms with Gasteiger partial charge in [-0.05, 0) is 26.8 Å². The third-order valence-electron chi connectivity index (χ3n) is 2.09. The van der Waals surface area contributed by atoms with E-state index in [1.54, 1.807) is 0 Å². The fourth-order valence-electron chi connectivity index (χ4n) is 1.17. The van der Waals surface area contributed by atoms with Gasteiger partial charge in [0.25, 0.3) is 0 Å². The first-order valence-corrected chi connectivity index (χ1v) is 4.95. The van der Waals surface area contributed by atoms with Crippen LogP contribution in [0.2, 0.25) is 0 Å². The average molecular weight is 212 g/mol. The first-order valence-electron chi connectivity index (χ1n) is 4.95. The van der Waals surface area contributed by atoms with Crippen molar-refractivity contribution in [1.29, 1.82) is 0 Å². The normalized spacial score (nSPS) is 10.5. The van der Waals surface area contributed by atoms with Crippen LogP contribution in [0.1, 0.15) is 30.2 Å². The molecule has 1 rings (SSSR count). The topological polar surface area (TPSA) is 75.4 Å². The summed E-state index contributed by atoms with van der Waals surface area (Å²) in [5, 5.41) is 11.5. The lowest BCUT2D eigenvalue weighted by molar-refractivity contribution is -0.137. The van der Waals surface area contributed by atoms with Crippen molar-refractivity contribution in [3.63, 3.8) is 0 Å². The summed E-state index contributed by atoms with van der Waals surface area (Å²) in [5.41, 5.74) is 0.900. The van der Waals surface area contributed by atoms with Crippen LogP contribution in [0.4, 0.5) is 0 Å². The second-order valence-electron chi connectivity index (χ2n) is 3.42. The van der Waals surface area contributed by atoms with Crippen LogP contribution in [-0.4, -0.2) is 22.6 Å². The van der Waals surface area contributed by atoms with Crippen molar-refractivity contribution in [2.45, 2.75) is 33.2 Å². The van der Waals surface area contributed by atoms with Gasteiger partial charge in [-0.3, -0.25) is 4.79 Å². The molecule has 1 aromatic heterocycles. The van der Waals surface area contributed by atoms with Crippen LogP contribution in [0.3, 0.4) is 0 Å². The monoisotopic (exact) mass is 212 g/mol. The molecule has 0 unspecified atom stereocenters. The Morgan fingerprint density at radius 3 is 2.80 bits per heavy atom. The van der Waals surface area contributed by atoms with Crippen LogP contribution >= 0.6 is 0 Å². The Bertz CT molecular complexity index is 314. The minimum absolute atomic E-state index is 0.191. The van der Waals surface area contributed by atoms with Crippen molar-refractivity contribution < 1.29 is 14.3 Å². The number of oxazole rings is 1. The van der Waals surface area contributed by atoms with Gasteiger partial charge in [0.05, 0.1) is 12.2 Å². The second kappa shape index (κ2) is 5.50. The van der Waals surface area contributed by atoms with E-state index in [0.717, 1.165) is 11.5 Å². The highest BCUT2D eigenvalue weighted by Gasteiger charge is 2.04. The highest BCUT2D eigenvalue weighted by Crippen LogP contribution is 2.07. The lowest BCUT2D eigenvalue weighted by Crippen LogP contribution is -2.15. The van der Waals surface area contributed by atoms with E-state index < -0.39 is 5.97 Å². The van der Waals surface area contributed by atoms with Gasteiger partial charge in [0, 0.05) is 6.42 Å². The maximum Gasteiger partial charge on any atom is 0.303 e. The van der Waals surface area contributed by atoms with E-state index in [-0.39, 0.29) is 6.42 Å². The molecule has 0 aromatic carbocycles. The molecular weight excluding hydrogens is 196 g/mol. The van der Waals surface area contributed by atoms with Gasteiger partial charge in [-0.25, -0.2) is 4.98 Å². The van der Waals surface area contributed by atoms with Crippen molar-refractivity contribution >= 4 is 5.97 Å². The number of aliphatic carboxylic acids is 1. The zero-order valence-corrected chi connectivity index (χ0v) is 9.04. The van der Waals surface area contributed by atoms with E-state index in [2.05, 4.69) is 10.3 Å². The Morgan fingerprint density at radius 2 is 2.27 bits per heavy atom. The van der Waals surface area contributed by atoms with Crippen LogP contribution in [0.15, 0.2) is 4.42 Å². The second-order valence-corrected chi connectivity index (χ2v) is 3.42. The summed E-state index contributed by atoms with van der Waals surface area (Å²) < 4.78 is 5.35. The Balaban J connectivity index is 2.18. The Morgan fingerprint density at radius 1 is 1.53 bits per heavy atom. The molecular formula is C10H16N2O3. The zero-order valence-electron chi connectivity index (χ0n) is 9.04. The molecule has 1 aromatic rings. The molecule has 0 saturated heterocycles. The van der Waals surface area contributed by atoms with Gasteiger partial charge in [0.1, 0.15) is 5.76 Å². The number of carboxylic acid groups (broad SMARTS) is 1. The first-order chi connectivity index (χ1) is 7.09. The van der Waals surface area contributed by atoms with Crippen molar-refractivity contribution in [3.05, 3.63) is 17.3 Å². The first kappa shape index (κ1) is 11.7. The predicted molar refractivity (Wildman–Crippen MR) is 54.6 cm³/mol. The van der Waals surface area contributed by atoms with Crippen LogP contribution in [0.5, 0.6) is 0 Å². The van der Waals surface area contributed by atoms with Gasteiger partial charge in [0.15, 0.2) is 0 Å². The molecule has 0 aliphatic heterocycles.